The topological polar surface area (TPSA) is 67.2 Å². The molecule has 1 aromatic heterocycles. The number of phenols is 1. The first-order chi connectivity index (χ1) is 11.1. The van der Waals surface area contributed by atoms with Crippen LogP contribution in [0.1, 0.15) is 15.9 Å². The van der Waals surface area contributed by atoms with Crippen LogP contribution >= 0.6 is 0 Å². The summed E-state index contributed by atoms with van der Waals surface area (Å²) < 4.78 is 15.7. The molecule has 1 heterocycles. The molecule has 5 nitrogen and oxygen atoms in total. The molecular formula is C17H14FN3O2. The molecule has 0 aliphatic carbocycles. The number of aromatic nitrogens is 2. The lowest BCUT2D eigenvalue weighted by molar-refractivity contribution is 0.0950. The molecule has 3 rings (SSSR count). The minimum atomic E-state index is -0.396. The third-order valence-electron chi connectivity index (χ3n) is 3.36. The number of rotatable bonds is 4. The third kappa shape index (κ3) is 3.37. The number of hydrogen-bond donors (Lipinski definition) is 2. The first kappa shape index (κ1) is 14.8. The molecule has 3 aromatic rings. The summed E-state index contributed by atoms with van der Waals surface area (Å²) in [7, 11) is 0. The Morgan fingerprint density at radius 2 is 2.13 bits per heavy atom. The molecule has 0 unspecified atom stereocenters. The van der Waals surface area contributed by atoms with E-state index in [9.17, 15) is 14.3 Å². The maximum Gasteiger partial charge on any atom is 0.251 e. The smallest absolute Gasteiger partial charge is 0.251 e. The summed E-state index contributed by atoms with van der Waals surface area (Å²) in [5.41, 5.74) is 1.38. The molecule has 23 heavy (non-hydrogen) atoms. The van der Waals surface area contributed by atoms with Gasteiger partial charge < -0.3 is 15.0 Å². The molecule has 0 spiro atoms. The van der Waals surface area contributed by atoms with Crippen LogP contribution in [0.25, 0.3) is 5.69 Å². The van der Waals surface area contributed by atoms with E-state index in [0.717, 1.165) is 0 Å². The number of carbonyl (C=O) groups is 1. The molecule has 2 N–H and O–H groups in total. The third-order valence-corrected chi connectivity index (χ3v) is 3.36. The van der Waals surface area contributed by atoms with Crippen molar-refractivity contribution in [2.45, 2.75) is 6.54 Å². The molecule has 0 radical (unpaired) electrons. The average Bonchev–Trinajstić information content (AvgIpc) is 3.07. The summed E-state index contributed by atoms with van der Waals surface area (Å²) in [4.78, 5) is 15.9. The Labute approximate surface area is 132 Å². The number of benzene rings is 2. The SMILES string of the molecule is O=C(NCc1ccc(-n2ccnc2)c(F)c1)c1cccc(O)c1. The predicted molar refractivity (Wildman–Crippen MR) is 82.8 cm³/mol. The van der Waals surface area contributed by atoms with Gasteiger partial charge in [-0.15, -0.1) is 0 Å². The Bertz CT molecular complexity index is 832. The Morgan fingerprint density at radius 1 is 1.26 bits per heavy atom. The summed E-state index contributed by atoms with van der Waals surface area (Å²) in [6.45, 7) is 0.190. The number of amides is 1. The zero-order valence-corrected chi connectivity index (χ0v) is 12.1. The van der Waals surface area contributed by atoms with Crippen molar-refractivity contribution >= 4 is 5.91 Å². The number of nitrogens with zero attached hydrogens (tertiary/aromatic N) is 2. The van der Waals surface area contributed by atoms with Gasteiger partial charge in [-0.05, 0) is 35.9 Å². The first-order valence-corrected chi connectivity index (χ1v) is 6.97. The molecule has 2 aromatic carbocycles. The molecule has 0 bridgehead atoms. The van der Waals surface area contributed by atoms with Crippen LogP contribution in [0.3, 0.4) is 0 Å². The minimum absolute atomic E-state index is 0.0216. The van der Waals surface area contributed by atoms with E-state index in [0.29, 0.717) is 16.8 Å². The first-order valence-electron chi connectivity index (χ1n) is 6.97. The van der Waals surface area contributed by atoms with Gasteiger partial charge in [-0.3, -0.25) is 4.79 Å². The maximum absolute atomic E-state index is 14.1. The number of carbonyl (C=O) groups excluding carboxylic acids is 1. The van der Waals surface area contributed by atoms with Crippen molar-refractivity contribution < 1.29 is 14.3 Å². The number of nitrogens with one attached hydrogen (secondary N) is 1. The van der Waals surface area contributed by atoms with Gasteiger partial charge in [0.1, 0.15) is 11.6 Å². The van der Waals surface area contributed by atoms with Gasteiger partial charge in [-0.25, -0.2) is 9.37 Å². The second-order valence-electron chi connectivity index (χ2n) is 4.99. The highest BCUT2D eigenvalue weighted by molar-refractivity contribution is 5.94. The quantitative estimate of drug-likeness (QED) is 0.778. The van der Waals surface area contributed by atoms with Crippen molar-refractivity contribution in [3.63, 3.8) is 0 Å². The van der Waals surface area contributed by atoms with Gasteiger partial charge >= 0.3 is 0 Å². The zero-order chi connectivity index (χ0) is 16.2. The van der Waals surface area contributed by atoms with E-state index in [1.165, 1.54) is 24.5 Å². The molecule has 0 atom stereocenters. The fourth-order valence-corrected chi connectivity index (χ4v) is 2.20. The van der Waals surface area contributed by atoms with Crippen LogP contribution in [0, 0.1) is 5.82 Å². The Hall–Kier alpha value is -3.15. The van der Waals surface area contributed by atoms with E-state index < -0.39 is 5.82 Å². The summed E-state index contributed by atoms with van der Waals surface area (Å²) in [6.07, 6.45) is 4.74. The minimum Gasteiger partial charge on any atom is -0.508 e. The van der Waals surface area contributed by atoms with Crippen LogP contribution in [-0.4, -0.2) is 20.6 Å². The summed E-state index contributed by atoms with van der Waals surface area (Å²) in [5, 5.41) is 12.1. The van der Waals surface area contributed by atoms with Crippen LogP contribution in [0.4, 0.5) is 4.39 Å². The van der Waals surface area contributed by atoms with Gasteiger partial charge in [-0.1, -0.05) is 12.1 Å². The summed E-state index contributed by atoms with van der Waals surface area (Å²) in [5.74, 6) is -0.708. The van der Waals surface area contributed by atoms with E-state index >= 15 is 0 Å². The highest BCUT2D eigenvalue weighted by Crippen LogP contribution is 2.15. The predicted octanol–water partition coefficient (Wildman–Crippen LogP) is 2.65. The Kier molecular flexibility index (Phi) is 4.05. The van der Waals surface area contributed by atoms with Crippen LogP contribution in [0.5, 0.6) is 5.75 Å². The molecule has 0 aliphatic heterocycles. The summed E-state index contributed by atoms with van der Waals surface area (Å²) >= 11 is 0. The molecular weight excluding hydrogens is 297 g/mol. The molecule has 0 fully saturated rings. The van der Waals surface area contributed by atoms with E-state index in [1.807, 2.05) is 0 Å². The van der Waals surface area contributed by atoms with Gasteiger partial charge in [0.05, 0.1) is 12.0 Å². The highest BCUT2D eigenvalue weighted by atomic mass is 19.1. The van der Waals surface area contributed by atoms with Crippen molar-refractivity contribution in [1.29, 1.82) is 0 Å². The molecule has 0 saturated heterocycles. The van der Waals surface area contributed by atoms with Gasteiger partial charge in [0.15, 0.2) is 0 Å². The summed E-state index contributed by atoms with van der Waals surface area (Å²) in [6, 6.07) is 10.8. The number of imidazole rings is 1. The second-order valence-corrected chi connectivity index (χ2v) is 4.99. The van der Waals surface area contributed by atoms with E-state index in [-0.39, 0.29) is 18.2 Å². The lowest BCUT2D eigenvalue weighted by Gasteiger charge is -2.08. The molecule has 0 aliphatic rings. The van der Waals surface area contributed by atoms with Crippen LogP contribution in [0.2, 0.25) is 0 Å². The largest absolute Gasteiger partial charge is 0.508 e. The standard InChI is InChI=1S/C17H14FN3O2/c18-15-8-12(4-5-16(15)21-7-6-19-11-21)10-20-17(23)13-2-1-3-14(22)9-13/h1-9,11,22H,10H2,(H,20,23). The van der Waals surface area contributed by atoms with Crippen LogP contribution in [-0.2, 0) is 6.54 Å². The molecule has 6 heteroatoms. The van der Waals surface area contributed by atoms with Crippen molar-refractivity contribution in [2.24, 2.45) is 0 Å². The Morgan fingerprint density at radius 3 is 2.83 bits per heavy atom. The van der Waals surface area contributed by atoms with Gasteiger partial charge in [0, 0.05) is 24.5 Å². The molecule has 116 valence electrons. The number of phenolic OH excluding ortho intramolecular Hbond substituents is 1. The maximum atomic E-state index is 14.1. The number of hydrogen-bond acceptors (Lipinski definition) is 3. The fraction of sp³-hybridized carbons (Fsp3) is 0.0588. The molecule has 0 saturated carbocycles. The highest BCUT2D eigenvalue weighted by Gasteiger charge is 2.08. The van der Waals surface area contributed by atoms with E-state index in [1.54, 1.807) is 41.2 Å². The second kappa shape index (κ2) is 6.31. The zero-order valence-electron chi connectivity index (χ0n) is 12.1. The van der Waals surface area contributed by atoms with Crippen LogP contribution < -0.4 is 5.32 Å². The van der Waals surface area contributed by atoms with Gasteiger partial charge in [0.25, 0.3) is 5.91 Å². The number of halogens is 1. The normalized spacial score (nSPS) is 10.5. The van der Waals surface area contributed by atoms with Gasteiger partial charge in [-0.2, -0.15) is 0 Å². The number of aromatic hydroxyl groups is 1. The van der Waals surface area contributed by atoms with Crippen molar-refractivity contribution in [2.75, 3.05) is 0 Å². The van der Waals surface area contributed by atoms with Crippen molar-refractivity contribution in [3.05, 3.63) is 78.1 Å². The average molecular weight is 311 g/mol. The van der Waals surface area contributed by atoms with Crippen molar-refractivity contribution in [3.8, 4) is 11.4 Å². The molecule has 1 amide bonds. The fourth-order valence-electron chi connectivity index (χ4n) is 2.20. The van der Waals surface area contributed by atoms with E-state index in [4.69, 9.17) is 0 Å². The van der Waals surface area contributed by atoms with Crippen LogP contribution in [0.15, 0.2) is 61.2 Å². The van der Waals surface area contributed by atoms with Crippen molar-refractivity contribution in [1.82, 2.24) is 14.9 Å². The van der Waals surface area contributed by atoms with Gasteiger partial charge in [0.2, 0.25) is 0 Å². The van der Waals surface area contributed by atoms with E-state index in [2.05, 4.69) is 10.3 Å². The lowest BCUT2D eigenvalue weighted by atomic mass is 10.1. The monoisotopic (exact) mass is 311 g/mol. The lowest BCUT2D eigenvalue weighted by Crippen LogP contribution is -2.22. The Balaban J connectivity index is 1.69.